The Morgan fingerprint density at radius 2 is 1.92 bits per heavy atom. The maximum Gasteiger partial charge on any atom is 0.341 e. The quantitative estimate of drug-likeness (QED) is 0.343. The van der Waals surface area contributed by atoms with Gasteiger partial charge in [0, 0.05) is 22.8 Å². The number of ether oxygens (including phenoxy) is 1. The zero-order valence-corrected chi connectivity index (χ0v) is 14.9. The van der Waals surface area contributed by atoms with Gasteiger partial charge in [-0.1, -0.05) is 23.2 Å². The highest BCUT2D eigenvalue weighted by Gasteiger charge is 2.23. The van der Waals surface area contributed by atoms with Crippen molar-refractivity contribution in [2.24, 2.45) is 0 Å². The van der Waals surface area contributed by atoms with E-state index in [0.717, 1.165) is 12.1 Å². The van der Waals surface area contributed by atoms with Gasteiger partial charge in [-0.2, -0.15) is 0 Å². The van der Waals surface area contributed by atoms with Crippen molar-refractivity contribution in [1.82, 2.24) is 0 Å². The molecule has 0 aliphatic carbocycles. The summed E-state index contributed by atoms with van der Waals surface area (Å²) in [6, 6.07) is 7.84. The summed E-state index contributed by atoms with van der Waals surface area (Å²) in [5.74, 6) is -1.63. The minimum Gasteiger partial charge on any atom is -0.449 e. The molecule has 10 heteroatoms. The zero-order chi connectivity index (χ0) is 19.4. The molecule has 0 saturated carbocycles. The van der Waals surface area contributed by atoms with Gasteiger partial charge in [-0.05, 0) is 31.2 Å². The van der Waals surface area contributed by atoms with Crippen molar-refractivity contribution >= 4 is 52.1 Å². The van der Waals surface area contributed by atoms with E-state index in [4.69, 9.17) is 33.7 Å². The van der Waals surface area contributed by atoms with Gasteiger partial charge in [-0.25, -0.2) is 4.79 Å². The third-order valence-corrected chi connectivity index (χ3v) is 3.87. The number of nitrogens with zero attached hydrogens (tertiary/aromatic N) is 1. The van der Waals surface area contributed by atoms with Crippen molar-refractivity contribution in [3.05, 3.63) is 62.1 Å². The number of anilines is 2. The molecule has 2 aromatic rings. The average molecular weight is 398 g/mol. The first-order valence-electron chi connectivity index (χ1n) is 7.20. The lowest BCUT2D eigenvalue weighted by Crippen LogP contribution is -2.30. The Hall–Kier alpha value is -2.84. The van der Waals surface area contributed by atoms with Gasteiger partial charge < -0.3 is 15.8 Å². The molecule has 1 atom stereocenters. The summed E-state index contributed by atoms with van der Waals surface area (Å²) < 4.78 is 5.03. The molecule has 0 aliphatic heterocycles. The summed E-state index contributed by atoms with van der Waals surface area (Å²) in [4.78, 5) is 34.5. The van der Waals surface area contributed by atoms with Crippen LogP contribution in [0.3, 0.4) is 0 Å². The number of nitro benzene ring substituents is 1. The van der Waals surface area contributed by atoms with Crippen LogP contribution >= 0.6 is 23.2 Å². The highest BCUT2D eigenvalue weighted by molar-refractivity contribution is 6.35. The second kappa shape index (κ2) is 8.03. The van der Waals surface area contributed by atoms with Gasteiger partial charge >= 0.3 is 5.97 Å². The summed E-state index contributed by atoms with van der Waals surface area (Å²) in [6.45, 7) is 1.33. The van der Waals surface area contributed by atoms with Crippen LogP contribution in [0.5, 0.6) is 0 Å². The predicted molar refractivity (Wildman–Crippen MR) is 97.5 cm³/mol. The second-order valence-corrected chi connectivity index (χ2v) is 6.03. The van der Waals surface area contributed by atoms with E-state index >= 15 is 0 Å². The van der Waals surface area contributed by atoms with Crippen LogP contribution < -0.4 is 11.1 Å². The number of nitro groups is 1. The lowest BCUT2D eigenvalue weighted by Gasteiger charge is -2.15. The van der Waals surface area contributed by atoms with Gasteiger partial charge in [0.25, 0.3) is 11.6 Å². The van der Waals surface area contributed by atoms with E-state index < -0.39 is 22.9 Å². The fourth-order valence-electron chi connectivity index (χ4n) is 1.94. The minimum absolute atomic E-state index is 0.00825. The van der Waals surface area contributed by atoms with Crippen molar-refractivity contribution in [1.29, 1.82) is 0 Å². The molecule has 0 fully saturated rings. The molecule has 3 N–H and O–H groups in total. The summed E-state index contributed by atoms with van der Waals surface area (Å²) in [5.41, 5.74) is 5.36. The van der Waals surface area contributed by atoms with E-state index in [2.05, 4.69) is 5.32 Å². The van der Waals surface area contributed by atoms with Gasteiger partial charge in [-0.15, -0.1) is 0 Å². The molecule has 0 aromatic heterocycles. The largest absolute Gasteiger partial charge is 0.449 e. The van der Waals surface area contributed by atoms with Crippen molar-refractivity contribution in [2.45, 2.75) is 13.0 Å². The van der Waals surface area contributed by atoms with Crippen LogP contribution in [0.2, 0.25) is 10.0 Å². The number of nitrogen functional groups attached to an aromatic ring is 1. The zero-order valence-electron chi connectivity index (χ0n) is 13.4. The number of esters is 1. The minimum atomic E-state index is -1.21. The van der Waals surface area contributed by atoms with E-state index in [1.54, 1.807) is 6.07 Å². The Bertz CT molecular complexity index is 888. The fourth-order valence-corrected chi connectivity index (χ4v) is 2.28. The third-order valence-electron chi connectivity index (χ3n) is 3.31. The van der Waals surface area contributed by atoms with Crippen LogP contribution in [0.4, 0.5) is 17.1 Å². The molecule has 8 nitrogen and oxygen atoms in total. The number of hydrogen-bond donors (Lipinski definition) is 2. The molecule has 0 bridgehead atoms. The van der Waals surface area contributed by atoms with Gasteiger partial charge in [0.15, 0.2) is 6.10 Å². The Balaban J connectivity index is 2.11. The Morgan fingerprint density at radius 1 is 1.23 bits per heavy atom. The van der Waals surface area contributed by atoms with Crippen LogP contribution in [-0.4, -0.2) is 22.9 Å². The van der Waals surface area contributed by atoms with E-state index in [1.807, 2.05) is 0 Å². The van der Waals surface area contributed by atoms with E-state index in [1.165, 1.54) is 25.1 Å². The average Bonchev–Trinajstić information content (AvgIpc) is 2.58. The summed E-state index contributed by atoms with van der Waals surface area (Å²) in [7, 11) is 0. The van der Waals surface area contributed by atoms with Crippen molar-refractivity contribution in [3.63, 3.8) is 0 Å². The lowest BCUT2D eigenvalue weighted by molar-refractivity contribution is -0.384. The standard InChI is InChI=1S/C16H13Cl2N3O5/c1-8(15(22)20-14-6-9(17)2-4-12(14)18)26-16(23)11-7-10(21(24)25)3-5-13(11)19/h2-8H,19H2,1H3,(H,20,22)/t8-/m1/s1. The van der Waals surface area contributed by atoms with Crippen molar-refractivity contribution in [3.8, 4) is 0 Å². The molecule has 0 unspecified atom stereocenters. The number of carbonyl (C=O) groups is 2. The second-order valence-electron chi connectivity index (χ2n) is 5.19. The Labute approximate surface area is 158 Å². The number of nitrogens with one attached hydrogen (secondary N) is 1. The monoisotopic (exact) mass is 397 g/mol. The van der Waals surface area contributed by atoms with E-state index in [0.29, 0.717) is 5.02 Å². The first-order valence-corrected chi connectivity index (χ1v) is 7.95. The number of benzene rings is 2. The number of nitrogens with two attached hydrogens (primary N) is 1. The van der Waals surface area contributed by atoms with Crippen LogP contribution in [-0.2, 0) is 9.53 Å². The predicted octanol–water partition coefficient (Wildman–Crippen LogP) is 3.67. The first-order chi connectivity index (χ1) is 12.2. The van der Waals surface area contributed by atoms with Crippen molar-refractivity contribution in [2.75, 3.05) is 11.1 Å². The lowest BCUT2D eigenvalue weighted by atomic mass is 10.1. The van der Waals surface area contributed by atoms with Crippen LogP contribution in [0.15, 0.2) is 36.4 Å². The fraction of sp³-hybridized carbons (Fsp3) is 0.125. The molecule has 0 heterocycles. The molecule has 2 rings (SSSR count). The van der Waals surface area contributed by atoms with Crippen LogP contribution in [0.25, 0.3) is 0 Å². The topological polar surface area (TPSA) is 125 Å². The molecule has 0 saturated heterocycles. The van der Waals surface area contributed by atoms with E-state index in [-0.39, 0.29) is 27.6 Å². The third kappa shape index (κ3) is 4.62. The van der Waals surface area contributed by atoms with Crippen LogP contribution in [0, 0.1) is 10.1 Å². The first kappa shape index (κ1) is 19.5. The molecule has 0 spiro atoms. The maximum atomic E-state index is 12.2. The van der Waals surface area contributed by atoms with Gasteiger partial charge in [0.2, 0.25) is 0 Å². The van der Waals surface area contributed by atoms with Gasteiger partial charge in [-0.3, -0.25) is 14.9 Å². The summed E-state index contributed by atoms with van der Waals surface area (Å²) in [6.07, 6.45) is -1.21. The molecular weight excluding hydrogens is 385 g/mol. The van der Waals surface area contributed by atoms with Crippen LogP contribution in [0.1, 0.15) is 17.3 Å². The molecule has 1 amide bonds. The van der Waals surface area contributed by atoms with Gasteiger partial charge in [0.05, 0.1) is 21.2 Å². The smallest absolute Gasteiger partial charge is 0.341 e. The number of non-ortho nitro benzene ring substituents is 1. The summed E-state index contributed by atoms with van der Waals surface area (Å²) in [5, 5.41) is 13.9. The Kier molecular flexibility index (Phi) is 6.01. The molecule has 0 radical (unpaired) electrons. The molecule has 0 aliphatic rings. The number of amides is 1. The normalized spacial score (nSPS) is 11.5. The molecule has 26 heavy (non-hydrogen) atoms. The number of hydrogen-bond acceptors (Lipinski definition) is 6. The number of carbonyl (C=O) groups excluding carboxylic acids is 2. The maximum absolute atomic E-state index is 12.2. The molecular formula is C16H13Cl2N3O5. The highest BCUT2D eigenvalue weighted by atomic mass is 35.5. The molecule has 2 aromatic carbocycles. The molecule has 136 valence electrons. The number of rotatable bonds is 5. The van der Waals surface area contributed by atoms with Gasteiger partial charge in [0.1, 0.15) is 0 Å². The summed E-state index contributed by atoms with van der Waals surface area (Å²) >= 11 is 11.8. The number of halogens is 2. The SMILES string of the molecule is C[C@@H](OC(=O)c1cc([N+](=O)[O-])ccc1N)C(=O)Nc1cc(Cl)ccc1Cl. The highest BCUT2D eigenvalue weighted by Crippen LogP contribution is 2.26. The van der Waals surface area contributed by atoms with E-state index in [9.17, 15) is 19.7 Å². The van der Waals surface area contributed by atoms with Crippen molar-refractivity contribution < 1.29 is 19.2 Å². The Morgan fingerprint density at radius 3 is 2.58 bits per heavy atom.